The van der Waals surface area contributed by atoms with Crippen LogP contribution in [0.4, 0.5) is 0 Å². The van der Waals surface area contributed by atoms with E-state index in [4.69, 9.17) is 21.1 Å². The molecule has 126 valence electrons. The lowest BCUT2D eigenvalue weighted by Crippen LogP contribution is -2.03. The smallest absolute Gasteiger partial charge is 0.336 e. The zero-order chi connectivity index (χ0) is 17.0. The molecule has 0 aromatic heterocycles. The van der Waals surface area contributed by atoms with Crippen molar-refractivity contribution in [2.24, 2.45) is 0 Å². The van der Waals surface area contributed by atoms with E-state index in [0.29, 0.717) is 18.2 Å². The monoisotopic (exact) mass is 344 g/mol. The summed E-state index contributed by atoms with van der Waals surface area (Å²) in [6.45, 7) is 0.667. The minimum atomic E-state index is -0.409. The fourth-order valence-corrected chi connectivity index (χ4v) is 2.26. The van der Waals surface area contributed by atoms with Crippen molar-refractivity contribution in [3.63, 3.8) is 0 Å². The first-order valence-corrected chi connectivity index (χ1v) is 8.55. The van der Waals surface area contributed by atoms with Crippen LogP contribution in [-0.2, 0) is 4.79 Å². The van der Waals surface area contributed by atoms with Crippen LogP contribution in [0.25, 0.3) is 6.08 Å². The van der Waals surface area contributed by atoms with E-state index in [-0.39, 0.29) is 0 Å². The van der Waals surface area contributed by atoms with Crippen molar-refractivity contribution in [1.29, 1.82) is 0 Å². The van der Waals surface area contributed by atoms with E-state index in [0.717, 1.165) is 30.6 Å². The summed E-state index contributed by atoms with van der Waals surface area (Å²) < 4.78 is 10.9. The van der Waals surface area contributed by atoms with Gasteiger partial charge in [0.2, 0.25) is 0 Å². The molecule has 2 aromatic carbocycles. The van der Waals surface area contributed by atoms with E-state index >= 15 is 0 Å². The Kier molecular flexibility index (Phi) is 7.91. The molecule has 0 spiro atoms. The second kappa shape index (κ2) is 10.5. The molecular formula is C20H21ClO3. The molecule has 4 heteroatoms. The van der Waals surface area contributed by atoms with Gasteiger partial charge in [-0.15, -0.1) is 11.6 Å². The SMILES string of the molecule is O=C(/C=C/c1cccc(OCCCCCCl)c1)Oc1ccccc1. The molecule has 0 aliphatic heterocycles. The molecule has 0 aliphatic carbocycles. The maximum atomic E-state index is 11.8. The molecule has 0 fully saturated rings. The molecule has 0 bridgehead atoms. The Morgan fingerprint density at radius 1 is 0.958 bits per heavy atom. The van der Waals surface area contributed by atoms with Gasteiger partial charge in [0.05, 0.1) is 6.61 Å². The predicted octanol–water partition coefficient (Wildman–Crippen LogP) is 5.09. The molecule has 0 radical (unpaired) electrons. The Morgan fingerprint density at radius 2 is 1.75 bits per heavy atom. The van der Waals surface area contributed by atoms with Gasteiger partial charge in [-0.05, 0) is 55.2 Å². The van der Waals surface area contributed by atoms with Crippen LogP contribution < -0.4 is 9.47 Å². The minimum Gasteiger partial charge on any atom is -0.494 e. The summed E-state index contributed by atoms with van der Waals surface area (Å²) in [6.07, 6.45) is 6.18. The number of para-hydroxylation sites is 1. The van der Waals surface area contributed by atoms with Gasteiger partial charge >= 0.3 is 5.97 Å². The lowest BCUT2D eigenvalue weighted by atomic mass is 10.2. The highest BCUT2D eigenvalue weighted by Crippen LogP contribution is 2.15. The largest absolute Gasteiger partial charge is 0.494 e. The maximum absolute atomic E-state index is 11.8. The Bertz CT molecular complexity index is 653. The van der Waals surface area contributed by atoms with Crippen LogP contribution >= 0.6 is 11.6 Å². The molecule has 0 saturated heterocycles. The number of alkyl halides is 1. The molecule has 0 amide bonds. The lowest BCUT2D eigenvalue weighted by molar-refractivity contribution is -0.128. The standard InChI is InChI=1S/C20H21ClO3/c21-14-5-2-6-15-23-19-11-7-8-17(16-19)12-13-20(22)24-18-9-3-1-4-10-18/h1,3-4,7-13,16H,2,5-6,14-15H2/b13-12+. The second-order valence-corrected chi connectivity index (χ2v) is 5.62. The Balaban J connectivity index is 1.83. The fourth-order valence-electron chi connectivity index (χ4n) is 2.07. The first kappa shape index (κ1) is 18.1. The van der Waals surface area contributed by atoms with Crippen LogP contribution in [0.5, 0.6) is 11.5 Å². The predicted molar refractivity (Wildman–Crippen MR) is 97.6 cm³/mol. The average Bonchev–Trinajstić information content (AvgIpc) is 2.61. The molecule has 0 aliphatic rings. The summed E-state index contributed by atoms with van der Waals surface area (Å²) in [6, 6.07) is 16.6. The van der Waals surface area contributed by atoms with Crippen molar-refractivity contribution in [3.05, 3.63) is 66.2 Å². The van der Waals surface area contributed by atoms with Crippen molar-refractivity contribution < 1.29 is 14.3 Å². The zero-order valence-corrected chi connectivity index (χ0v) is 14.2. The van der Waals surface area contributed by atoms with Crippen LogP contribution in [0.15, 0.2) is 60.7 Å². The molecular weight excluding hydrogens is 324 g/mol. The summed E-state index contributed by atoms with van der Waals surface area (Å²) in [4.78, 5) is 11.8. The second-order valence-electron chi connectivity index (χ2n) is 5.24. The van der Waals surface area contributed by atoms with Gasteiger partial charge in [0.25, 0.3) is 0 Å². The molecule has 2 rings (SSSR count). The molecule has 0 heterocycles. The van der Waals surface area contributed by atoms with Crippen molar-refractivity contribution in [3.8, 4) is 11.5 Å². The molecule has 0 saturated carbocycles. The number of benzene rings is 2. The van der Waals surface area contributed by atoms with Gasteiger partial charge in [-0.1, -0.05) is 30.3 Å². The van der Waals surface area contributed by atoms with E-state index in [2.05, 4.69) is 0 Å². The first-order valence-electron chi connectivity index (χ1n) is 8.02. The highest BCUT2D eigenvalue weighted by molar-refractivity contribution is 6.17. The van der Waals surface area contributed by atoms with Crippen LogP contribution in [0.1, 0.15) is 24.8 Å². The van der Waals surface area contributed by atoms with Crippen LogP contribution in [0, 0.1) is 0 Å². The summed E-state index contributed by atoms with van der Waals surface area (Å²) >= 11 is 5.64. The highest BCUT2D eigenvalue weighted by Gasteiger charge is 2.00. The van der Waals surface area contributed by atoms with Crippen LogP contribution in [0.3, 0.4) is 0 Å². The minimum absolute atomic E-state index is 0.409. The summed E-state index contributed by atoms with van der Waals surface area (Å²) in [7, 11) is 0. The topological polar surface area (TPSA) is 35.5 Å². The normalized spacial score (nSPS) is 10.7. The number of rotatable bonds is 9. The molecule has 2 aromatic rings. The lowest BCUT2D eigenvalue weighted by Gasteiger charge is -2.06. The van der Waals surface area contributed by atoms with Gasteiger partial charge in [-0.3, -0.25) is 0 Å². The highest BCUT2D eigenvalue weighted by atomic mass is 35.5. The first-order chi connectivity index (χ1) is 11.8. The molecule has 3 nitrogen and oxygen atoms in total. The van der Waals surface area contributed by atoms with Crippen molar-refractivity contribution in [1.82, 2.24) is 0 Å². The summed E-state index contributed by atoms with van der Waals surface area (Å²) in [5, 5.41) is 0. The molecule has 0 N–H and O–H groups in total. The third-order valence-corrected chi connectivity index (χ3v) is 3.55. The van der Waals surface area contributed by atoms with E-state index in [1.165, 1.54) is 6.08 Å². The number of carbonyl (C=O) groups is 1. The van der Waals surface area contributed by atoms with Gasteiger partial charge in [0, 0.05) is 12.0 Å². The zero-order valence-electron chi connectivity index (χ0n) is 13.5. The van der Waals surface area contributed by atoms with Gasteiger partial charge in [-0.2, -0.15) is 0 Å². The van der Waals surface area contributed by atoms with Gasteiger partial charge in [0.1, 0.15) is 11.5 Å². The van der Waals surface area contributed by atoms with Crippen LogP contribution in [-0.4, -0.2) is 18.5 Å². The van der Waals surface area contributed by atoms with Gasteiger partial charge in [-0.25, -0.2) is 4.79 Å². The van der Waals surface area contributed by atoms with E-state index < -0.39 is 5.97 Å². The number of hydrogen-bond donors (Lipinski definition) is 0. The molecule has 0 atom stereocenters. The Labute approximate surface area is 147 Å². The van der Waals surface area contributed by atoms with Gasteiger partial charge < -0.3 is 9.47 Å². The van der Waals surface area contributed by atoms with Gasteiger partial charge in [0.15, 0.2) is 0 Å². The summed E-state index contributed by atoms with van der Waals surface area (Å²) in [5.41, 5.74) is 0.887. The Morgan fingerprint density at radius 3 is 2.54 bits per heavy atom. The number of ether oxygens (including phenoxy) is 2. The van der Waals surface area contributed by atoms with E-state index in [9.17, 15) is 4.79 Å². The fraction of sp³-hybridized carbons (Fsp3) is 0.250. The number of carbonyl (C=O) groups excluding carboxylic acids is 1. The van der Waals surface area contributed by atoms with E-state index in [1.54, 1.807) is 18.2 Å². The number of halogens is 1. The quantitative estimate of drug-likeness (QED) is 0.209. The van der Waals surface area contributed by atoms with Crippen molar-refractivity contribution >= 4 is 23.6 Å². The number of esters is 1. The number of hydrogen-bond acceptors (Lipinski definition) is 3. The summed E-state index contributed by atoms with van der Waals surface area (Å²) in [5.74, 6) is 1.61. The van der Waals surface area contributed by atoms with Crippen LogP contribution in [0.2, 0.25) is 0 Å². The van der Waals surface area contributed by atoms with Crippen molar-refractivity contribution in [2.75, 3.05) is 12.5 Å². The number of unbranched alkanes of at least 4 members (excludes halogenated alkanes) is 2. The van der Waals surface area contributed by atoms with Crippen molar-refractivity contribution in [2.45, 2.75) is 19.3 Å². The molecule has 24 heavy (non-hydrogen) atoms. The third-order valence-electron chi connectivity index (χ3n) is 3.28. The third kappa shape index (κ3) is 6.88. The average molecular weight is 345 g/mol. The maximum Gasteiger partial charge on any atom is 0.336 e. The van der Waals surface area contributed by atoms with E-state index in [1.807, 2.05) is 42.5 Å². The molecule has 0 unspecified atom stereocenters. The Hall–Kier alpha value is -2.26.